The molecule has 0 saturated carbocycles. The van der Waals surface area contributed by atoms with Crippen LogP contribution in [0.25, 0.3) is 0 Å². The SMILES string of the molecule is COc1ccc2c(c1)OC[C@](C)(c1cccnc1)[C@@H]2CCCCCCCCCSCCCC(F)(F)C(F)(F)F. The van der Waals surface area contributed by atoms with Crippen LogP contribution in [0.5, 0.6) is 11.5 Å². The zero-order chi connectivity index (χ0) is 28.4. The van der Waals surface area contributed by atoms with E-state index in [1.54, 1.807) is 13.3 Å². The van der Waals surface area contributed by atoms with E-state index in [0.717, 1.165) is 68.6 Å². The molecule has 218 valence electrons. The maximum atomic E-state index is 12.9. The van der Waals surface area contributed by atoms with Crippen LogP contribution < -0.4 is 9.47 Å². The summed E-state index contributed by atoms with van der Waals surface area (Å²) in [6.07, 6.45) is 5.79. The van der Waals surface area contributed by atoms with Crippen LogP contribution in [0.15, 0.2) is 42.7 Å². The average Bonchev–Trinajstić information content (AvgIpc) is 2.91. The number of ether oxygens (including phenoxy) is 2. The number of aromatic nitrogens is 1. The quantitative estimate of drug-likeness (QED) is 0.148. The van der Waals surface area contributed by atoms with Gasteiger partial charge >= 0.3 is 12.1 Å². The molecule has 0 amide bonds. The van der Waals surface area contributed by atoms with Crippen molar-refractivity contribution in [2.24, 2.45) is 0 Å². The van der Waals surface area contributed by atoms with Gasteiger partial charge in [0, 0.05) is 36.2 Å². The van der Waals surface area contributed by atoms with Gasteiger partial charge in [0.25, 0.3) is 0 Å². The molecule has 1 aromatic heterocycles. The Morgan fingerprint density at radius 2 is 1.67 bits per heavy atom. The molecule has 1 aliphatic rings. The summed E-state index contributed by atoms with van der Waals surface area (Å²) >= 11 is 1.46. The van der Waals surface area contributed by atoms with E-state index in [2.05, 4.69) is 24.0 Å². The standard InChI is InChI=1S/C30H40F5NO2S/c1-28(23-12-10-17-36-21-23)22-38-27-20-24(37-2)14-15-25(27)26(28)13-8-6-4-3-5-7-9-18-39-19-11-16-29(31,32)30(33,34)35/h10,12,14-15,17,20-21,26H,3-9,11,13,16,18-19,22H2,1-2H3/t26-,28-/m1/s1. The van der Waals surface area contributed by atoms with Gasteiger partial charge in [-0.3, -0.25) is 4.98 Å². The largest absolute Gasteiger partial charge is 0.497 e. The van der Waals surface area contributed by atoms with E-state index in [-0.39, 0.29) is 11.8 Å². The van der Waals surface area contributed by atoms with Crippen LogP contribution in [-0.2, 0) is 5.41 Å². The first-order valence-electron chi connectivity index (χ1n) is 13.8. The smallest absolute Gasteiger partial charge is 0.453 e. The van der Waals surface area contributed by atoms with E-state index in [4.69, 9.17) is 9.47 Å². The highest BCUT2D eigenvalue weighted by Crippen LogP contribution is 2.49. The second-order valence-corrected chi connectivity index (χ2v) is 11.8. The number of halogens is 5. The van der Waals surface area contributed by atoms with E-state index in [1.165, 1.54) is 22.9 Å². The molecular formula is C30H40F5NO2S. The number of pyridine rings is 1. The molecule has 0 saturated heterocycles. The van der Waals surface area contributed by atoms with Crippen LogP contribution in [0.2, 0.25) is 0 Å². The third-order valence-corrected chi connectivity index (χ3v) is 8.84. The molecule has 3 nitrogen and oxygen atoms in total. The molecule has 2 aromatic rings. The number of rotatable bonds is 16. The molecule has 0 aliphatic carbocycles. The molecule has 2 atom stereocenters. The molecule has 3 rings (SSSR count). The van der Waals surface area contributed by atoms with Gasteiger partial charge in [0.15, 0.2) is 0 Å². The molecule has 1 aliphatic heterocycles. The van der Waals surface area contributed by atoms with Crippen LogP contribution in [0.3, 0.4) is 0 Å². The fourth-order valence-electron chi connectivity index (χ4n) is 5.26. The fourth-order valence-corrected chi connectivity index (χ4v) is 6.22. The minimum atomic E-state index is -5.44. The summed E-state index contributed by atoms with van der Waals surface area (Å²) in [6, 6.07) is 10.2. The molecule has 39 heavy (non-hydrogen) atoms. The molecule has 0 N–H and O–H groups in total. The lowest BCUT2D eigenvalue weighted by Gasteiger charge is -2.43. The first-order chi connectivity index (χ1) is 18.6. The van der Waals surface area contributed by atoms with E-state index >= 15 is 0 Å². The van der Waals surface area contributed by atoms with Gasteiger partial charge in [-0.15, -0.1) is 0 Å². The molecule has 0 unspecified atom stereocenters. The van der Waals surface area contributed by atoms with Gasteiger partial charge in [-0.05, 0) is 54.0 Å². The first kappa shape index (κ1) is 31.5. The summed E-state index contributed by atoms with van der Waals surface area (Å²) in [5, 5.41) is 0. The number of alkyl halides is 5. The third kappa shape index (κ3) is 8.73. The Kier molecular flexibility index (Phi) is 11.8. The Bertz CT molecular complexity index is 1000. The van der Waals surface area contributed by atoms with Gasteiger partial charge in [-0.2, -0.15) is 33.7 Å². The highest BCUT2D eigenvalue weighted by atomic mass is 32.2. The van der Waals surface area contributed by atoms with E-state index < -0.39 is 18.5 Å². The highest BCUT2D eigenvalue weighted by Gasteiger charge is 2.56. The molecule has 9 heteroatoms. The number of nitrogens with zero attached hydrogens (tertiary/aromatic N) is 1. The molecule has 0 bridgehead atoms. The maximum Gasteiger partial charge on any atom is 0.453 e. The molecular weight excluding hydrogens is 533 g/mol. The van der Waals surface area contributed by atoms with Crippen molar-refractivity contribution in [3.05, 3.63) is 53.9 Å². The molecule has 0 spiro atoms. The lowest BCUT2D eigenvalue weighted by molar-refractivity contribution is -0.284. The number of hydrogen-bond donors (Lipinski definition) is 0. The van der Waals surface area contributed by atoms with Crippen molar-refractivity contribution in [2.45, 2.75) is 94.6 Å². The van der Waals surface area contributed by atoms with E-state index in [9.17, 15) is 22.0 Å². The summed E-state index contributed by atoms with van der Waals surface area (Å²) in [7, 11) is 1.66. The second-order valence-electron chi connectivity index (χ2n) is 10.6. The van der Waals surface area contributed by atoms with Crippen molar-refractivity contribution in [1.82, 2.24) is 4.98 Å². The molecule has 0 radical (unpaired) electrons. The number of benzene rings is 1. The Morgan fingerprint density at radius 1 is 0.974 bits per heavy atom. The van der Waals surface area contributed by atoms with Crippen LogP contribution in [-0.4, -0.2) is 42.3 Å². The van der Waals surface area contributed by atoms with Crippen molar-refractivity contribution in [1.29, 1.82) is 0 Å². The van der Waals surface area contributed by atoms with Gasteiger partial charge in [0.1, 0.15) is 11.5 Å². The van der Waals surface area contributed by atoms with Gasteiger partial charge in [0.2, 0.25) is 0 Å². The predicted molar refractivity (Wildman–Crippen MR) is 147 cm³/mol. The summed E-state index contributed by atoms with van der Waals surface area (Å²) in [4.78, 5) is 4.36. The number of hydrogen-bond acceptors (Lipinski definition) is 4. The molecule has 0 fully saturated rings. The van der Waals surface area contributed by atoms with Crippen molar-refractivity contribution in [2.75, 3.05) is 25.2 Å². The molecule has 2 heterocycles. The minimum absolute atomic E-state index is 0.123. The second kappa shape index (κ2) is 14.6. The van der Waals surface area contributed by atoms with E-state index in [0.29, 0.717) is 18.3 Å². The Hall–Kier alpha value is -2.03. The Morgan fingerprint density at radius 3 is 2.33 bits per heavy atom. The van der Waals surface area contributed by atoms with Gasteiger partial charge in [-0.25, -0.2) is 0 Å². The number of methoxy groups -OCH3 is 1. The summed E-state index contributed by atoms with van der Waals surface area (Å²) < 4.78 is 73.9. The van der Waals surface area contributed by atoms with Gasteiger partial charge < -0.3 is 9.47 Å². The van der Waals surface area contributed by atoms with Gasteiger partial charge in [-0.1, -0.05) is 57.6 Å². The normalized spacial score (nSPS) is 19.4. The van der Waals surface area contributed by atoms with Crippen molar-refractivity contribution in [3.63, 3.8) is 0 Å². The predicted octanol–water partition coefficient (Wildman–Crippen LogP) is 9.36. The minimum Gasteiger partial charge on any atom is -0.497 e. The van der Waals surface area contributed by atoms with Crippen LogP contribution >= 0.6 is 11.8 Å². The zero-order valence-corrected chi connectivity index (χ0v) is 23.7. The maximum absolute atomic E-state index is 12.9. The summed E-state index contributed by atoms with van der Waals surface area (Å²) in [5.41, 5.74) is 2.23. The fraction of sp³-hybridized carbons (Fsp3) is 0.633. The van der Waals surface area contributed by atoms with E-state index in [1.807, 2.05) is 24.4 Å². The number of thioether (sulfide) groups is 1. The molecule has 1 aromatic carbocycles. The highest BCUT2D eigenvalue weighted by molar-refractivity contribution is 7.99. The lowest BCUT2D eigenvalue weighted by Crippen LogP contribution is -2.40. The van der Waals surface area contributed by atoms with Gasteiger partial charge in [0.05, 0.1) is 13.7 Å². The Labute approximate surface area is 233 Å². The summed E-state index contributed by atoms with van der Waals surface area (Å²) in [5.74, 6) is -1.44. The van der Waals surface area contributed by atoms with Crippen LogP contribution in [0, 0.1) is 0 Å². The monoisotopic (exact) mass is 573 g/mol. The van der Waals surface area contributed by atoms with Crippen molar-refractivity contribution in [3.8, 4) is 11.5 Å². The zero-order valence-electron chi connectivity index (χ0n) is 22.9. The number of unbranched alkanes of at least 4 members (excludes halogenated alkanes) is 6. The average molecular weight is 574 g/mol. The lowest BCUT2D eigenvalue weighted by atomic mass is 9.66. The van der Waals surface area contributed by atoms with Crippen molar-refractivity contribution < 1.29 is 31.4 Å². The third-order valence-electron chi connectivity index (χ3n) is 7.69. The summed E-state index contributed by atoms with van der Waals surface area (Å²) in [6.45, 7) is 2.86. The number of fused-ring (bicyclic) bond motifs is 1. The van der Waals surface area contributed by atoms with Crippen molar-refractivity contribution >= 4 is 11.8 Å². The Balaban J connectivity index is 1.36. The topological polar surface area (TPSA) is 31.4 Å². The van der Waals surface area contributed by atoms with Crippen LogP contribution in [0.4, 0.5) is 22.0 Å². The van der Waals surface area contributed by atoms with Crippen LogP contribution in [0.1, 0.15) is 88.2 Å². The first-order valence-corrected chi connectivity index (χ1v) is 15.0.